The first-order valence-electron chi connectivity index (χ1n) is 3.29. The summed E-state index contributed by atoms with van der Waals surface area (Å²) in [4.78, 5) is 0. The fourth-order valence-electron chi connectivity index (χ4n) is 1.90. The Hall–Kier alpha value is 0.217. The van der Waals surface area contributed by atoms with Crippen molar-refractivity contribution >= 4 is 8.80 Å². The Bertz CT molecular complexity index is 62.2. The third kappa shape index (κ3) is 0.547. The van der Waals surface area contributed by atoms with Gasteiger partial charge in [0.05, 0.1) is 18.1 Å². The van der Waals surface area contributed by atoms with Crippen LogP contribution in [0.1, 0.15) is 12.8 Å². The molecule has 1 heteroatoms. The summed E-state index contributed by atoms with van der Waals surface area (Å²) in [5.74, 6) is 1.22. The van der Waals surface area contributed by atoms with Crippen molar-refractivity contribution in [2.75, 3.05) is 0 Å². The van der Waals surface area contributed by atoms with Crippen molar-refractivity contribution in [3.8, 4) is 0 Å². The lowest BCUT2D eigenvalue weighted by atomic mass is 10.1. The van der Waals surface area contributed by atoms with Crippen molar-refractivity contribution in [3.05, 3.63) is 0 Å². The van der Waals surface area contributed by atoms with E-state index in [9.17, 15) is 0 Å². The van der Waals surface area contributed by atoms with Gasteiger partial charge in [0.2, 0.25) is 0 Å². The van der Waals surface area contributed by atoms with E-state index in [0.29, 0.717) is 8.80 Å². The lowest BCUT2D eigenvalue weighted by Crippen LogP contribution is -2.00. The second-order valence-electron chi connectivity index (χ2n) is 2.90. The highest BCUT2D eigenvalue weighted by Gasteiger charge is 2.44. The molecule has 0 unspecified atom stereocenters. The summed E-state index contributed by atoms with van der Waals surface area (Å²) in [6, 6.07) is 5.01. The quantitative estimate of drug-likeness (QED) is 0.419. The molecule has 2 aliphatic rings. The second-order valence-corrected chi connectivity index (χ2v) is 5.81. The molecule has 0 aliphatic carbocycles. The minimum absolute atomic E-state index is 0.323. The van der Waals surface area contributed by atoms with Crippen LogP contribution in [0.3, 0.4) is 0 Å². The minimum atomic E-state index is 0.323. The van der Waals surface area contributed by atoms with E-state index in [1.165, 1.54) is 5.92 Å². The van der Waals surface area contributed by atoms with Gasteiger partial charge in [-0.1, -0.05) is 0 Å². The second kappa shape index (κ2) is 1.34. The van der Waals surface area contributed by atoms with Gasteiger partial charge in [-0.2, -0.15) is 0 Å². The number of hydrogen-bond donors (Lipinski definition) is 0. The van der Waals surface area contributed by atoms with Crippen LogP contribution in [0.25, 0.3) is 0 Å². The van der Waals surface area contributed by atoms with Gasteiger partial charge in [0, 0.05) is 0 Å². The molecule has 2 rings (SSSR count). The molecular formula is C6H11Si+. The summed E-state index contributed by atoms with van der Waals surface area (Å²) in [5.41, 5.74) is 0. The molecule has 0 radical (unpaired) electrons. The third-order valence-electron chi connectivity index (χ3n) is 2.39. The van der Waals surface area contributed by atoms with Crippen molar-refractivity contribution in [2.45, 2.75) is 31.0 Å². The maximum Gasteiger partial charge on any atom is 0.314 e. The standard InChI is InChI=1S/C6H11Si/c1-3-7-4-2-6(1)5-7/h6H,1-5H2/q+1. The maximum atomic E-state index is 1.69. The van der Waals surface area contributed by atoms with Gasteiger partial charge in [-0.05, 0) is 18.8 Å². The molecule has 0 spiro atoms. The molecule has 2 fully saturated rings. The topological polar surface area (TPSA) is 0 Å². The van der Waals surface area contributed by atoms with E-state index < -0.39 is 0 Å². The highest BCUT2D eigenvalue weighted by Crippen LogP contribution is 2.40. The van der Waals surface area contributed by atoms with Crippen molar-refractivity contribution in [1.29, 1.82) is 0 Å². The highest BCUT2D eigenvalue weighted by molar-refractivity contribution is 6.60. The van der Waals surface area contributed by atoms with E-state index in [-0.39, 0.29) is 0 Å². The molecule has 0 nitrogen and oxygen atoms in total. The van der Waals surface area contributed by atoms with Crippen LogP contribution in [0.5, 0.6) is 0 Å². The van der Waals surface area contributed by atoms with Crippen molar-refractivity contribution < 1.29 is 0 Å². The van der Waals surface area contributed by atoms with Crippen LogP contribution in [0, 0.1) is 5.92 Å². The average molecular weight is 111 g/mol. The molecule has 38 valence electrons. The van der Waals surface area contributed by atoms with Gasteiger partial charge < -0.3 is 0 Å². The zero-order valence-electron chi connectivity index (χ0n) is 4.61. The number of fused-ring (bicyclic) bond motifs is 2. The Balaban J connectivity index is 2.12. The molecule has 0 aromatic rings. The average Bonchev–Trinajstić information content (AvgIpc) is 2.22. The Morgan fingerprint density at radius 1 is 1.14 bits per heavy atom. The molecule has 0 atom stereocenters. The van der Waals surface area contributed by atoms with Gasteiger partial charge in [0.1, 0.15) is 0 Å². The summed E-state index contributed by atoms with van der Waals surface area (Å²) in [7, 11) is 0.323. The molecule has 2 heterocycles. The summed E-state index contributed by atoms with van der Waals surface area (Å²) >= 11 is 0. The van der Waals surface area contributed by atoms with Crippen LogP contribution in [0.2, 0.25) is 18.1 Å². The smallest absolute Gasteiger partial charge is 0.0198 e. The van der Waals surface area contributed by atoms with Crippen LogP contribution in [-0.4, -0.2) is 8.80 Å². The van der Waals surface area contributed by atoms with E-state index >= 15 is 0 Å². The van der Waals surface area contributed by atoms with Gasteiger partial charge in [0.25, 0.3) is 0 Å². The Morgan fingerprint density at radius 3 is 2.00 bits per heavy atom. The summed E-state index contributed by atoms with van der Waals surface area (Å²) < 4.78 is 0. The van der Waals surface area contributed by atoms with Crippen LogP contribution in [0.4, 0.5) is 0 Å². The zero-order chi connectivity index (χ0) is 4.69. The van der Waals surface area contributed by atoms with Crippen molar-refractivity contribution in [2.24, 2.45) is 5.92 Å². The largest absolute Gasteiger partial charge is 0.314 e. The number of hydrogen-bond acceptors (Lipinski definition) is 0. The Kier molecular flexibility index (Phi) is 0.794. The molecule has 0 N–H and O–H groups in total. The predicted molar refractivity (Wildman–Crippen MR) is 32.9 cm³/mol. The maximum absolute atomic E-state index is 1.69. The summed E-state index contributed by atoms with van der Waals surface area (Å²) in [6.07, 6.45) is 3.21. The van der Waals surface area contributed by atoms with Crippen LogP contribution < -0.4 is 0 Å². The minimum Gasteiger partial charge on any atom is -0.0198 e. The van der Waals surface area contributed by atoms with Gasteiger partial charge in [-0.15, -0.1) is 0 Å². The first kappa shape index (κ1) is 4.13. The van der Waals surface area contributed by atoms with Gasteiger partial charge >= 0.3 is 8.80 Å². The first-order chi connectivity index (χ1) is 3.45. The molecular weight excluding hydrogens is 100 g/mol. The van der Waals surface area contributed by atoms with E-state index in [1.54, 1.807) is 31.0 Å². The van der Waals surface area contributed by atoms with Gasteiger partial charge in [-0.3, -0.25) is 0 Å². The fourth-order valence-corrected chi connectivity index (χ4v) is 5.42. The van der Waals surface area contributed by atoms with Gasteiger partial charge in [-0.25, -0.2) is 0 Å². The lowest BCUT2D eigenvalue weighted by molar-refractivity contribution is 0.577. The number of rotatable bonds is 0. The summed E-state index contributed by atoms with van der Waals surface area (Å²) in [5, 5.41) is 0. The summed E-state index contributed by atoms with van der Waals surface area (Å²) in [6.45, 7) is 0. The Labute approximate surface area is 46.5 Å². The lowest BCUT2D eigenvalue weighted by Gasteiger charge is -1.96. The third-order valence-corrected chi connectivity index (χ3v) is 5.54. The molecule has 0 saturated carbocycles. The molecule has 0 aromatic heterocycles. The van der Waals surface area contributed by atoms with Gasteiger partial charge in [0.15, 0.2) is 0 Å². The zero-order valence-corrected chi connectivity index (χ0v) is 5.61. The first-order valence-corrected chi connectivity index (χ1v) is 5.41. The fraction of sp³-hybridized carbons (Fsp3) is 1.00. The van der Waals surface area contributed by atoms with E-state index in [1.807, 2.05) is 0 Å². The monoisotopic (exact) mass is 111 g/mol. The highest BCUT2D eigenvalue weighted by atomic mass is 28.3. The van der Waals surface area contributed by atoms with E-state index in [2.05, 4.69) is 0 Å². The normalized spacial score (nSPS) is 30.0. The van der Waals surface area contributed by atoms with Crippen molar-refractivity contribution in [1.82, 2.24) is 0 Å². The van der Waals surface area contributed by atoms with Crippen molar-refractivity contribution in [3.63, 3.8) is 0 Å². The van der Waals surface area contributed by atoms with Crippen LogP contribution >= 0.6 is 0 Å². The van der Waals surface area contributed by atoms with Crippen LogP contribution in [0.15, 0.2) is 0 Å². The predicted octanol–water partition coefficient (Wildman–Crippen LogP) is 1.90. The molecule has 0 amide bonds. The molecule has 0 aromatic carbocycles. The van der Waals surface area contributed by atoms with E-state index in [0.717, 1.165) is 0 Å². The molecule has 7 heavy (non-hydrogen) atoms. The molecule has 2 bridgehead atoms. The molecule has 2 aliphatic heterocycles. The van der Waals surface area contributed by atoms with Crippen LogP contribution in [-0.2, 0) is 0 Å². The Morgan fingerprint density at radius 2 is 1.86 bits per heavy atom. The SMILES string of the molecule is C1C[Si+]2CCC1C2. The van der Waals surface area contributed by atoms with E-state index in [4.69, 9.17) is 0 Å². The molecule has 2 saturated heterocycles.